The van der Waals surface area contributed by atoms with E-state index in [1.807, 2.05) is 6.92 Å². The van der Waals surface area contributed by atoms with Crippen LogP contribution in [0.5, 0.6) is 0 Å². The topological polar surface area (TPSA) is 39.1 Å². The number of aromatic nitrogens is 2. The summed E-state index contributed by atoms with van der Waals surface area (Å²) in [7, 11) is 0. The number of hydrogen-bond acceptors (Lipinski definition) is 3. The Morgan fingerprint density at radius 1 is 1.56 bits per heavy atom. The van der Waals surface area contributed by atoms with E-state index in [-0.39, 0.29) is 0 Å². The SMILES string of the molecule is CCNC1CCOCC1n1nc(C)cc1C. The molecule has 0 bridgehead atoms. The Hall–Kier alpha value is -0.870. The summed E-state index contributed by atoms with van der Waals surface area (Å²) in [4.78, 5) is 0. The first-order valence-corrected chi connectivity index (χ1v) is 6.06. The van der Waals surface area contributed by atoms with Gasteiger partial charge in [-0.25, -0.2) is 0 Å². The Balaban J connectivity index is 2.19. The van der Waals surface area contributed by atoms with Crippen LogP contribution in [0.4, 0.5) is 0 Å². The van der Waals surface area contributed by atoms with Gasteiger partial charge in [-0.05, 0) is 32.9 Å². The quantitative estimate of drug-likeness (QED) is 0.842. The van der Waals surface area contributed by atoms with Gasteiger partial charge in [0, 0.05) is 18.3 Å². The van der Waals surface area contributed by atoms with Crippen LogP contribution < -0.4 is 5.32 Å². The van der Waals surface area contributed by atoms with Crippen LogP contribution in [0.15, 0.2) is 6.07 Å². The molecule has 2 rings (SSSR count). The molecule has 2 unspecified atom stereocenters. The molecule has 4 nitrogen and oxygen atoms in total. The van der Waals surface area contributed by atoms with Crippen molar-refractivity contribution in [2.45, 2.75) is 39.3 Å². The third-order valence-electron chi connectivity index (χ3n) is 3.15. The molecule has 16 heavy (non-hydrogen) atoms. The van der Waals surface area contributed by atoms with Crippen LogP contribution in [0.2, 0.25) is 0 Å². The summed E-state index contributed by atoms with van der Waals surface area (Å²) in [5.74, 6) is 0. The highest BCUT2D eigenvalue weighted by molar-refractivity contribution is 5.08. The molecule has 1 aromatic heterocycles. The lowest BCUT2D eigenvalue weighted by Gasteiger charge is -2.33. The van der Waals surface area contributed by atoms with E-state index in [0.29, 0.717) is 12.1 Å². The lowest BCUT2D eigenvalue weighted by atomic mass is 10.0. The zero-order valence-electron chi connectivity index (χ0n) is 10.4. The van der Waals surface area contributed by atoms with Crippen molar-refractivity contribution in [3.63, 3.8) is 0 Å². The van der Waals surface area contributed by atoms with Gasteiger partial charge in [-0.2, -0.15) is 5.10 Å². The molecule has 2 atom stereocenters. The molecule has 0 spiro atoms. The molecular weight excluding hydrogens is 202 g/mol. The molecule has 0 saturated carbocycles. The average Bonchev–Trinajstić information content (AvgIpc) is 2.59. The minimum atomic E-state index is 0.336. The van der Waals surface area contributed by atoms with Gasteiger partial charge in [-0.15, -0.1) is 0 Å². The Kier molecular flexibility index (Phi) is 3.61. The maximum Gasteiger partial charge on any atom is 0.0909 e. The average molecular weight is 223 g/mol. The summed E-state index contributed by atoms with van der Waals surface area (Å²) < 4.78 is 7.69. The Bertz CT molecular complexity index is 346. The maximum absolute atomic E-state index is 5.58. The van der Waals surface area contributed by atoms with E-state index in [0.717, 1.165) is 31.9 Å². The molecule has 2 heterocycles. The van der Waals surface area contributed by atoms with Crippen molar-refractivity contribution in [3.05, 3.63) is 17.5 Å². The van der Waals surface area contributed by atoms with E-state index in [4.69, 9.17) is 4.74 Å². The van der Waals surface area contributed by atoms with Gasteiger partial charge in [0.2, 0.25) is 0 Å². The van der Waals surface area contributed by atoms with Gasteiger partial charge in [0.1, 0.15) is 0 Å². The van der Waals surface area contributed by atoms with Crippen molar-refractivity contribution in [2.24, 2.45) is 0 Å². The third-order valence-corrected chi connectivity index (χ3v) is 3.15. The van der Waals surface area contributed by atoms with E-state index in [9.17, 15) is 0 Å². The Morgan fingerprint density at radius 3 is 3.00 bits per heavy atom. The van der Waals surface area contributed by atoms with E-state index >= 15 is 0 Å². The molecule has 0 amide bonds. The van der Waals surface area contributed by atoms with Gasteiger partial charge in [0.15, 0.2) is 0 Å². The minimum absolute atomic E-state index is 0.336. The highest BCUT2D eigenvalue weighted by atomic mass is 16.5. The second-order valence-corrected chi connectivity index (χ2v) is 4.47. The van der Waals surface area contributed by atoms with Crippen molar-refractivity contribution in [3.8, 4) is 0 Å². The van der Waals surface area contributed by atoms with Gasteiger partial charge < -0.3 is 10.1 Å². The lowest BCUT2D eigenvalue weighted by molar-refractivity contribution is 0.0323. The Morgan fingerprint density at radius 2 is 2.38 bits per heavy atom. The molecule has 1 fully saturated rings. The number of hydrogen-bond donors (Lipinski definition) is 1. The summed E-state index contributed by atoms with van der Waals surface area (Å²) in [6.07, 6.45) is 1.07. The van der Waals surface area contributed by atoms with Gasteiger partial charge >= 0.3 is 0 Å². The number of likely N-dealkylation sites (N-methyl/N-ethyl adjacent to an activating group) is 1. The maximum atomic E-state index is 5.58. The fourth-order valence-corrected chi connectivity index (χ4v) is 2.45. The second-order valence-electron chi connectivity index (χ2n) is 4.47. The first-order chi connectivity index (χ1) is 7.72. The number of rotatable bonds is 3. The van der Waals surface area contributed by atoms with Crippen molar-refractivity contribution in [2.75, 3.05) is 19.8 Å². The largest absolute Gasteiger partial charge is 0.379 e. The molecule has 1 N–H and O–H groups in total. The van der Waals surface area contributed by atoms with Gasteiger partial charge in [-0.3, -0.25) is 4.68 Å². The van der Waals surface area contributed by atoms with E-state index in [1.54, 1.807) is 0 Å². The van der Waals surface area contributed by atoms with Gasteiger partial charge in [0.05, 0.1) is 18.3 Å². The highest BCUT2D eigenvalue weighted by Crippen LogP contribution is 2.21. The fourth-order valence-electron chi connectivity index (χ4n) is 2.45. The minimum Gasteiger partial charge on any atom is -0.379 e. The zero-order chi connectivity index (χ0) is 11.5. The second kappa shape index (κ2) is 4.97. The standard InChI is InChI=1S/C12H21N3O/c1-4-13-11-5-6-16-8-12(11)15-10(3)7-9(2)14-15/h7,11-13H,4-6,8H2,1-3H3. The molecule has 0 aliphatic carbocycles. The molecule has 1 aromatic rings. The smallest absolute Gasteiger partial charge is 0.0909 e. The summed E-state index contributed by atoms with van der Waals surface area (Å²) in [5, 5.41) is 8.09. The predicted octanol–water partition coefficient (Wildman–Crippen LogP) is 1.44. The van der Waals surface area contributed by atoms with E-state index in [1.165, 1.54) is 5.69 Å². The van der Waals surface area contributed by atoms with Crippen LogP contribution >= 0.6 is 0 Å². The molecule has 1 aliphatic heterocycles. The van der Waals surface area contributed by atoms with Crippen LogP contribution in [-0.4, -0.2) is 35.6 Å². The number of nitrogens with zero attached hydrogens (tertiary/aromatic N) is 2. The van der Waals surface area contributed by atoms with Crippen molar-refractivity contribution < 1.29 is 4.74 Å². The van der Waals surface area contributed by atoms with Crippen molar-refractivity contribution in [1.29, 1.82) is 0 Å². The molecule has 0 radical (unpaired) electrons. The van der Waals surface area contributed by atoms with E-state index in [2.05, 4.69) is 35.0 Å². The van der Waals surface area contributed by atoms with Crippen molar-refractivity contribution >= 4 is 0 Å². The first-order valence-electron chi connectivity index (χ1n) is 6.06. The number of ether oxygens (including phenoxy) is 1. The molecule has 0 aromatic carbocycles. The highest BCUT2D eigenvalue weighted by Gasteiger charge is 2.27. The zero-order valence-corrected chi connectivity index (χ0v) is 10.4. The monoisotopic (exact) mass is 223 g/mol. The normalized spacial score (nSPS) is 25.9. The van der Waals surface area contributed by atoms with Crippen LogP contribution in [0.1, 0.15) is 30.8 Å². The molecule has 1 saturated heterocycles. The summed E-state index contributed by atoms with van der Waals surface area (Å²) >= 11 is 0. The van der Waals surface area contributed by atoms with Gasteiger partial charge in [0.25, 0.3) is 0 Å². The fraction of sp³-hybridized carbons (Fsp3) is 0.750. The van der Waals surface area contributed by atoms with Crippen LogP contribution in [-0.2, 0) is 4.74 Å². The third kappa shape index (κ3) is 2.28. The van der Waals surface area contributed by atoms with Gasteiger partial charge in [-0.1, -0.05) is 6.92 Å². The molecular formula is C12H21N3O. The molecule has 4 heteroatoms. The molecule has 90 valence electrons. The van der Waals surface area contributed by atoms with Crippen LogP contribution in [0.3, 0.4) is 0 Å². The van der Waals surface area contributed by atoms with Crippen molar-refractivity contribution in [1.82, 2.24) is 15.1 Å². The molecule has 1 aliphatic rings. The predicted molar refractivity (Wildman–Crippen MR) is 63.6 cm³/mol. The summed E-state index contributed by atoms with van der Waals surface area (Å²) in [6.45, 7) is 8.91. The number of nitrogens with one attached hydrogen (secondary N) is 1. The summed E-state index contributed by atoms with van der Waals surface area (Å²) in [5.41, 5.74) is 2.30. The number of aryl methyl sites for hydroxylation is 2. The van der Waals surface area contributed by atoms with Crippen LogP contribution in [0.25, 0.3) is 0 Å². The summed E-state index contributed by atoms with van der Waals surface area (Å²) in [6, 6.07) is 2.94. The van der Waals surface area contributed by atoms with Crippen LogP contribution in [0, 0.1) is 13.8 Å². The lowest BCUT2D eigenvalue weighted by Crippen LogP contribution is -2.44. The Labute approximate surface area is 97.0 Å². The first kappa shape index (κ1) is 11.6. The van der Waals surface area contributed by atoms with E-state index < -0.39 is 0 Å².